The predicted octanol–water partition coefficient (Wildman–Crippen LogP) is 3.60. The van der Waals surface area contributed by atoms with E-state index in [0.717, 1.165) is 17.1 Å². The van der Waals surface area contributed by atoms with E-state index in [1.807, 2.05) is 32.0 Å². The van der Waals surface area contributed by atoms with E-state index in [0.29, 0.717) is 12.5 Å². The Bertz CT molecular complexity index is 369. The standard InChI is InChI=1S/C14H23NOS/c1-10(2)13-11(6-5-7-12(13)17)16-9-8-14(3,4)15/h5-7,10,17H,8-9,15H2,1-4H3. The van der Waals surface area contributed by atoms with Crippen LogP contribution in [0, 0.1) is 0 Å². The van der Waals surface area contributed by atoms with Gasteiger partial charge in [0.1, 0.15) is 5.75 Å². The van der Waals surface area contributed by atoms with Gasteiger partial charge in [0.15, 0.2) is 0 Å². The molecule has 0 aliphatic rings. The second-order valence-corrected chi connectivity index (χ2v) is 5.91. The van der Waals surface area contributed by atoms with Gasteiger partial charge in [-0.25, -0.2) is 0 Å². The lowest BCUT2D eigenvalue weighted by molar-refractivity contribution is 0.270. The Labute approximate surface area is 110 Å². The lowest BCUT2D eigenvalue weighted by Gasteiger charge is -2.20. The lowest BCUT2D eigenvalue weighted by Crippen LogP contribution is -2.33. The molecule has 96 valence electrons. The highest BCUT2D eigenvalue weighted by atomic mass is 32.1. The van der Waals surface area contributed by atoms with Crippen LogP contribution in [-0.2, 0) is 0 Å². The van der Waals surface area contributed by atoms with Gasteiger partial charge in [-0.1, -0.05) is 19.9 Å². The van der Waals surface area contributed by atoms with Crippen molar-refractivity contribution < 1.29 is 4.74 Å². The van der Waals surface area contributed by atoms with Crippen molar-refractivity contribution in [3.05, 3.63) is 23.8 Å². The van der Waals surface area contributed by atoms with E-state index < -0.39 is 0 Å². The molecular formula is C14H23NOS. The fourth-order valence-electron chi connectivity index (χ4n) is 1.66. The third kappa shape index (κ3) is 4.60. The minimum Gasteiger partial charge on any atom is -0.493 e. The van der Waals surface area contributed by atoms with Crippen LogP contribution < -0.4 is 10.5 Å². The molecule has 0 amide bonds. The summed E-state index contributed by atoms with van der Waals surface area (Å²) in [7, 11) is 0. The van der Waals surface area contributed by atoms with Crippen LogP contribution >= 0.6 is 12.6 Å². The highest BCUT2D eigenvalue weighted by molar-refractivity contribution is 7.80. The molecular weight excluding hydrogens is 230 g/mol. The summed E-state index contributed by atoms with van der Waals surface area (Å²) in [5, 5.41) is 0. The van der Waals surface area contributed by atoms with Crippen LogP contribution in [0.25, 0.3) is 0 Å². The SMILES string of the molecule is CC(C)c1c(S)cccc1OCCC(C)(C)N. The van der Waals surface area contributed by atoms with Crippen LogP contribution in [0.5, 0.6) is 5.75 Å². The van der Waals surface area contributed by atoms with Gasteiger partial charge >= 0.3 is 0 Å². The first kappa shape index (κ1) is 14.4. The number of thiol groups is 1. The smallest absolute Gasteiger partial charge is 0.123 e. The molecule has 0 saturated heterocycles. The van der Waals surface area contributed by atoms with E-state index in [4.69, 9.17) is 10.5 Å². The zero-order chi connectivity index (χ0) is 13.1. The molecule has 1 rings (SSSR count). The van der Waals surface area contributed by atoms with E-state index in [2.05, 4.69) is 26.5 Å². The fourth-order valence-corrected chi connectivity index (χ4v) is 2.12. The average molecular weight is 253 g/mol. The fraction of sp³-hybridized carbons (Fsp3) is 0.571. The van der Waals surface area contributed by atoms with E-state index in [9.17, 15) is 0 Å². The van der Waals surface area contributed by atoms with Gasteiger partial charge in [-0.2, -0.15) is 0 Å². The number of rotatable bonds is 5. The van der Waals surface area contributed by atoms with E-state index in [1.165, 1.54) is 5.56 Å². The van der Waals surface area contributed by atoms with Gasteiger partial charge in [0, 0.05) is 16.0 Å². The van der Waals surface area contributed by atoms with Crippen molar-refractivity contribution in [3.8, 4) is 5.75 Å². The maximum atomic E-state index is 5.93. The largest absolute Gasteiger partial charge is 0.493 e. The zero-order valence-corrected chi connectivity index (χ0v) is 12.1. The molecule has 2 nitrogen and oxygen atoms in total. The second-order valence-electron chi connectivity index (χ2n) is 5.43. The first-order valence-electron chi connectivity index (χ1n) is 6.05. The summed E-state index contributed by atoms with van der Waals surface area (Å²) in [6, 6.07) is 5.97. The molecule has 0 unspecified atom stereocenters. The van der Waals surface area contributed by atoms with Crippen LogP contribution in [0.3, 0.4) is 0 Å². The number of hydrogen-bond acceptors (Lipinski definition) is 3. The highest BCUT2D eigenvalue weighted by Gasteiger charge is 2.13. The normalized spacial score (nSPS) is 11.9. The molecule has 1 aromatic rings. The highest BCUT2D eigenvalue weighted by Crippen LogP contribution is 2.32. The summed E-state index contributed by atoms with van der Waals surface area (Å²) < 4.78 is 5.83. The van der Waals surface area contributed by atoms with E-state index in [-0.39, 0.29) is 5.54 Å². The third-order valence-corrected chi connectivity index (χ3v) is 3.01. The molecule has 17 heavy (non-hydrogen) atoms. The quantitative estimate of drug-likeness (QED) is 0.786. The Hall–Kier alpha value is -0.670. The molecule has 0 aromatic heterocycles. The van der Waals surface area contributed by atoms with Crippen molar-refractivity contribution in [3.63, 3.8) is 0 Å². The first-order valence-corrected chi connectivity index (χ1v) is 6.49. The maximum Gasteiger partial charge on any atom is 0.123 e. The van der Waals surface area contributed by atoms with Crippen LogP contribution in [0.4, 0.5) is 0 Å². The number of ether oxygens (including phenoxy) is 1. The summed E-state index contributed by atoms with van der Waals surface area (Å²) in [4.78, 5) is 0.990. The van der Waals surface area contributed by atoms with Crippen LogP contribution in [0.1, 0.15) is 45.6 Å². The van der Waals surface area contributed by atoms with Crippen molar-refractivity contribution in [2.75, 3.05) is 6.61 Å². The third-order valence-electron chi connectivity index (χ3n) is 2.62. The van der Waals surface area contributed by atoms with Crippen molar-refractivity contribution in [2.24, 2.45) is 5.73 Å². The molecule has 3 heteroatoms. The Morgan fingerprint density at radius 3 is 2.53 bits per heavy atom. The molecule has 0 saturated carbocycles. The van der Waals surface area contributed by atoms with Crippen LogP contribution in [-0.4, -0.2) is 12.1 Å². The summed E-state index contributed by atoms with van der Waals surface area (Å²) in [6.07, 6.45) is 0.835. The second kappa shape index (κ2) is 5.78. The van der Waals surface area contributed by atoms with Crippen LogP contribution in [0.15, 0.2) is 23.1 Å². The molecule has 0 aliphatic carbocycles. The lowest BCUT2D eigenvalue weighted by atomic mass is 10.0. The van der Waals surface area contributed by atoms with Crippen molar-refractivity contribution in [1.82, 2.24) is 0 Å². The molecule has 0 radical (unpaired) electrons. The predicted molar refractivity (Wildman–Crippen MR) is 76.2 cm³/mol. The minimum atomic E-state index is -0.184. The van der Waals surface area contributed by atoms with Gasteiger partial charge in [-0.05, 0) is 38.3 Å². The van der Waals surface area contributed by atoms with Crippen molar-refractivity contribution in [2.45, 2.75) is 50.5 Å². The summed E-state index contributed by atoms with van der Waals surface area (Å²) in [5.41, 5.74) is 6.92. The zero-order valence-electron chi connectivity index (χ0n) is 11.2. The van der Waals surface area contributed by atoms with Gasteiger partial charge in [0.05, 0.1) is 6.61 Å². The summed E-state index contributed by atoms with van der Waals surface area (Å²) in [5.74, 6) is 1.33. The Morgan fingerprint density at radius 1 is 1.35 bits per heavy atom. The van der Waals surface area contributed by atoms with E-state index >= 15 is 0 Å². The molecule has 0 fully saturated rings. The van der Waals surface area contributed by atoms with Gasteiger partial charge in [-0.15, -0.1) is 12.6 Å². The molecule has 1 aromatic carbocycles. The Balaban J connectivity index is 2.74. The number of hydrogen-bond donors (Lipinski definition) is 2. The van der Waals surface area contributed by atoms with Gasteiger partial charge in [0.2, 0.25) is 0 Å². The van der Waals surface area contributed by atoms with Gasteiger partial charge in [-0.3, -0.25) is 0 Å². The molecule has 0 spiro atoms. The topological polar surface area (TPSA) is 35.2 Å². The van der Waals surface area contributed by atoms with Gasteiger partial charge in [0.25, 0.3) is 0 Å². The molecule has 0 bridgehead atoms. The Kier molecular flexibility index (Phi) is 4.90. The monoisotopic (exact) mass is 253 g/mol. The Morgan fingerprint density at radius 2 is 2.00 bits per heavy atom. The minimum absolute atomic E-state index is 0.184. The molecule has 2 N–H and O–H groups in total. The average Bonchev–Trinajstić information content (AvgIpc) is 2.14. The van der Waals surface area contributed by atoms with Crippen molar-refractivity contribution in [1.29, 1.82) is 0 Å². The van der Waals surface area contributed by atoms with E-state index in [1.54, 1.807) is 0 Å². The molecule has 0 aliphatic heterocycles. The summed E-state index contributed by atoms with van der Waals surface area (Å²) >= 11 is 4.48. The van der Waals surface area contributed by atoms with Gasteiger partial charge < -0.3 is 10.5 Å². The molecule has 0 heterocycles. The van der Waals surface area contributed by atoms with Crippen LogP contribution in [0.2, 0.25) is 0 Å². The first-order chi connectivity index (χ1) is 7.81. The summed E-state index contributed by atoms with van der Waals surface area (Å²) in [6.45, 7) is 8.95. The number of benzene rings is 1. The molecule has 0 atom stereocenters. The number of nitrogens with two attached hydrogens (primary N) is 1. The maximum absolute atomic E-state index is 5.93. The van der Waals surface area contributed by atoms with Crippen molar-refractivity contribution >= 4 is 12.6 Å².